The normalized spacial score (nSPS) is 10.8. The summed E-state index contributed by atoms with van der Waals surface area (Å²) in [5.41, 5.74) is 4.24. The summed E-state index contributed by atoms with van der Waals surface area (Å²) in [5, 5.41) is 3.38. The van der Waals surface area contributed by atoms with Gasteiger partial charge < -0.3 is 10.3 Å². The van der Waals surface area contributed by atoms with E-state index in [2.05, 4.69) is 48.3 Å². The van der Waals surface area contributed by atoms with E-state index in [1.807, 2.05) is 25.3 Å². The molecule has 1 aromatic carbocycles. The zero-order valence-electron chi connectivity index (χ0n) is 10.4. The van der Waals surface area contributed by atoms with Crippen LogP contribution in [0.5, 0.6) is 0 Å². The predicted molar refractivity (Wildman–Crippen MR) is 80.1 cm³/mol. The summed E-state index contributed by atoms with van der Waals surface area (Å²) in [6, 6.07) is 8.17. The van der Waals surface area contributed by atoms with E-state index < -0.39 is 0 Å². The Morgan fingerprint density at radius 3 is 3.00 bits per heavy atom. The summed E-state index contributed by atoms with van der Waals surface area (Å²) in [6.07, 6.45) is 3.64. The summed E-state index contributed by atoms with van der Waals surface area (Å²) in [6.45, 7) is 2.70. The Hall–Kier alpha value is -1.88. The van der Waals surface area contributed by atoms with Crippen LogP contribution in [0.15, 0.2) is 41.1 Å². The molecule has 2 aromatic heterocycles. The monoisotopic (exact) mass is 316 g/mol. The maximum atomic E-state index is 4.38. The second kappa shape index (κ2) is 5.01. The molecule has 5 heteroatoms. The number of rotatable bonds is 3. The first-order valence-electron chi connectivity index (χ1n) is 6.00. The van der Waals surface area contributed by atoms with Gasteiger partial charge in [-0.3, -0.25) is 4.98 Å². The highest BCUT2D eigenvalue weighted by molar-refractivity contribution is 9.10. The van der Waals surface area contributed by atoms with Crippen LogP contribution in [0.3, 0.4) is 0 Å². The van der Waals surface area contributed by atoms with Gasteiger partial charge >= 0.3 is 0 Å². The number of aryl methyl sites for hydroxylation is 1. The molecule has 0 fully saturated rings. The van der Waals surface area contributed by atoms with Crippen LogP contribution in [-0.4, -0.2) is 15.0 Å². The van der Waals surface area contributed by atoms with Crippen molar-refractivity contribution < 1.29 is 0 Å². The maximum Gasteiger partial charge on any atom is 0.104 e. The van der Waals surface area contributed by atoms with Gasteiger partial charge in [0.1, 0.15) is 5.82 Å². The summed E-state index contributed by atoms with van der Waals surface area (Å²) < 4.78 is 0.992. The van der Waals surface area contributed by atoms with Crippen LogP contribution in [0.4, 0.5) is 5.69 Å². The van der Waals surface area contributed by atoms with E-state index in [4.69, 9.17) is 0 Å². The Morgan fingerprint density at radius 1 is 1.26 bits per heavy atom. The van der Waals surface area contributed by atoms with E-state index in [0.29, 0.717) is 0 Å². The third kappa shape index (κ3) is 2.76. The van der Waals surface area contributed by atoms with Crippen LogP contribution in [-0.2, 0) is 6.54 Å². The highest BCUT2D eigenvalue weighted by atomic mass is 79.9. The van der Waals surface area contributed by atoms with Crippen LogP contribution < -0.4 is 5.32 Å². The van der Waals surface area contributed by atoms with E-state index in [1.165, 1.54) is 0 Å². The fraction of sp³-hybridized carbons (Fsp3) is 0.143. The standard InChI is InChI=1S/C14H13BrN4/c1-9-18-13-3-2-12(5-14(13)19-9)17-7-10-4-11(15)8-16-6-10/h2-6,8,17H,7H2,1H3,(H,18,19). The highest BCUT2D eigenvalue weighted by Crippen LogP contribution is 2.18. The van der Waals surface area contributed by atoms with E-state index in [0.717, 1.165) is 39.1 Å². The largest absolute Gasteiger partial charge is 0.381 e. The van der Waals surface area contributed by atoms with E-state index in [-0.39, 0.29) is 0 Å². The molecule has 0 amide bonds. The van der Waals surface area contributed by atoms with Crippen LogP contribution in [0.2, 0.25) is 0 Å². The number of aromatic nitrogens is 3. The second-order valence-corrected chi connectivity index (χ2v) is 5.33. The van der Waals surface area contributed by atoms with Gasteiger partial charge in [0, 0.05) is 29.1 Å². The van der Waals surface area contributed by atoms with Gasteiger partial charge in [-0.15, -0.1) is 0 Å². The minimum atomic E-state index is 0.741. The molecule has 0 atom stereocenters. The molecule has 0 aliphatic rings. The molecular formula is C14H13BrN4. The van der Waals surface area contributed by atoms with Gasteiger partial charge in [0.25, 0.3) is 0 Å². The van der Waals surface area contributed by atoms with Crippen molar-refractivity contribution in [3.63, 3.8) is 0 Å². The van der Waals surface area contributed by atoms with E-state index >= 15 is 0 Å². The van der Waals surface area contributed by atoms with E-state index in [1.54, 1.807) is 6.20 Å². The number of hydrogen-bond acceptors (Lipinski definition) is 3. The second-order valence-electron chi connectivity index (χ2n) is 4.42. The molecule has 0 unspecified atom stereocenters. The van der Waals surface area contributed by atoms with Crippen LogP contribution in [0.1, 0.15) is 11.4 Å². The molecule has 4 nitrogen and oxygen atoms in total. The SMILES string of the molecule is Cc1nc2ccc(NCc3cncc(Br)c3)cc2[nH]1. The Labute approximate surface area is 119 Å². The van der Waals surface area contributed by atoms with Gasteiger partial charge in [0.05, 0.1) is 11.0 Å². The number of halogens is 1. The average Bonchev–Trinajstić information content (AvgIpc) is 2.75. The van der Waals surface area contributed by atoms with Crippen molar-refractivity contribution >= 4 is 32.7 Å². The Bertz CT molecular complexity index is 720. The van der Waals surface area contributed by atoms with Gasteiger partial charge in [-0.2, -0.15) is 0 Å². The van der Waals surface area contributed by atoms with Gasteiger partial charge in [0.2, 0.25) is 0 Å². The fourth-order valence-electron chi connectivity index (χ4n) is 2.00. The first-order chi connectivity index (χ1) is 9.20. The summed E-state index contributed by atoms with van der Waals surface area (Å²) in [7, 11) is 0. The number of anilines is 1. The van der Waals surface area contributed by atoms with Crippen molar-refractivity contribution in [3.8, 4) is 0 Å². The minimum Gasteiger partial charge on any atom is -0.381 e. The lowest BCUT2D eigenvalue weighted by Gasteiger charge is -2.06. The summed E-state index contributed by atoms with van der Waals surface area (Å²) >= 11 is 3.42. The Morgan fingerprint density at radius 2 is 2.16 bits per heavy atom. The van der Waals surface area contributed by atoms with Crippen LogP contribution >= 0.6 is 15.9 Å². The number of hydrogen-bond donors (Lipinski definition) is 2. The number of fused-ring (bicyclic) bond motifs is 1. The third-order valence-corrected chi connectivity index (χ3v) is 3.29. The lowest BCUT2D eigenvalue weighted by atomic mass is 10.2. The molecule has 0 saturated heterocycles. The van der Waals surface area contributed by atoms with Gasteiger partial charge in [-0.1, -0.05) is 0 Å². The molecule has 0 saturated carbocycles. The molecule has 2 N–H and O–H groups in total. The molecule has 0 bridgehead atoms. The Kier molecular flexibility index (Phi) is 3.21. The molecule has 0 aliphatic heterocycles. The third-order valence-electron chi connectivity index (χ3n) is 2.86. The zero-order chi connectivity index (χ0) is 13.2. The van der Waals surface area contributed by atoms with Crippen LogP contribution in [0.25, 0.3) is 11.0 Å². The van der Waals surface area contributed by atoms with Crippen molar-refractivity contribution in [1.29, 1.82) is 0 Å². The molecule has 0 aliphatic carbocycles. The smallest absolute Gasteiger partial charge is 0.104 e. The predicted octanol–water partition coefficient (Wildman–Crippen LogP) is 3.64. The molecule has 3 aromatic rings. The van der Waals surface area contributed by atoms with E-state index in [9.17, 15) is 0 Å². The van der Waals surface area contributed by atoms with Crippen LogP contribution in [0, 0.1) is 6.92 Å². The molecule has 3 rings (SSSR count). The number of imidazole rings is 1. The quantitative estimate of drug-likeness (QED) is 0.775. The number of benzene rings is 1. The molecular weight excluding hydrogens is 304 g/mol. The summed E-state index contributed by atoms with van der Waals surface area (Å²) in [5.74, 6) is 0.934. The van der Waals surface area contributed by atoms with Crippen molar-refractivity contribution in [3.05, 3.63) is 52.5 Å². The topological polar surface area (TPSA) is 53.6 Å². The first kappa shape index (κ1) is 12.2. The number of pyridine rings is 1. The van der Waals surface area contributed by atoms with Gasteiger partial charge in [-0.25, -0.2) is 4.98 Å². The maximum absolute atomic E-state index is 4.38. The minimum absolute atomic E-state index is 0.741. The molecule has 0 spiro atoms. The highest BCUT2D eigenvalue weighted by Gasteiger charge is 2.01. The molecule has 19 heavy (non-hydrogen) atoms. The van der Waals surface area contributed by atoms with Gasteiger partial charge in [-0.05, 0) is 52.7 Å². The van der Waals surface area contributed by atoms with Crippen molar-refractivity contribution in [2.75, 3.05) is 5.32 Å². The lowest BCUT2D eigenvalue weighted by molar-refractivity contribution is 1.11. The number of aromatic amines is 1. The molecule has 0 radical (unpaired) electrons. The number of nitrogens with zero attached hydrogens (tertiary/aromatic N) is 2. The lowest BCUT2D eigenvalue weighted by Crippen LogP contribution is -1.99. The first-order valence-corrected chi connectivity index (χ1v) is 6.80. The van der Waals surface area contributed by atoms with Gasteiger partial charge in [0.15, 0.2) is 0 Å². The van der Waals surface area contributed by atoms with Crippen molar-refractivity contribution in [1.82, 2.24) is 15.0 Å². The zero-order valence-corrected chi connectivity index (χ0v) is 12.0. The fourth-order valence-corrected chi connectivity index (χ4v) is 2.42. The molecule has 2 heterocycles. The summed E-state index contributed by atoms with van der Waals surface area (Å²) in [4.78, 5) is 11.8. The van der Waals surface area contributed by atoms with Crippen molar-refractivity contribution in [2.45, 2.75) is 13.5 Å². The average molecular weight is 317 g/mol. The number of nitrogens with one attached hydrogen (secondary N) is 2. The molecule has 96 valence electrons. The van der Waals surface area contributed by atoms with Crippen molar-refractivity contribution in [2.24, 2.45) is 0 Å². The Balaban J connectivity index is 1.78. The number of H-pyrrole nitrogens is 1.